The van der Waals surface area contributed by atoms with Crippen molar-refractivity contribution in [2.24, 2.45) is 0 Å². The summed E-state index contributed by atoms with van der Waals surface area (Å²) in [6.45, 7) is 3.93. The average molecular weight is 505 g/mol. The van der Waals surface area contributed by atoms with Crippen molar-refractivity contribution in [1.82, 2.24) is 15.5 Å². The monoisotopic (exact) mass is 504 g/mol. The summed E-state index contributed by atoms with van der Waals surface area (Å²) in [6.07, 6.45) is 1.30. The Morgan fingerprint density at radius 2 is 1.86 bits per heavy atom. The third-order valence-electron chi connectivity index (χ3n) is 6.61. The van der Waals surface area contributed by atoms with Crippen LogP contribution < -0.4 is 20.3 Å². The fourth-order valence-electron chi connectivity index (χ4n) is 4.32. The maximum absolute atomic E-state index is 13.1. The average Bonchev–Trinajstić information content (AvgIpc) is 3.02. The zero-order valence-corrected chi connectivity index (χ0v) is 21.1. The molecule has 0 radical (unpaired) electrons. The molecule has 37 heavy (non-hydrogen) atoms. The second-order valence-electron chi connectivity index (χ2n) is 9.33. The molecule has 0 aliphatic carbocycles. The number of carbonyl (C=O) groups is 3. The third-order valence-corrected chi connectivity index (χ3v) is 6.61. The number of hydrogen-bond donors (Lipinski definition) is 3. The predicted molar refractivity (Wildman–Crippen MR) is 139 cm³/mol. The molecular weight excluding hydrogens is 472 g/mol. The molecule has 0 saturated carbocycles. The van der Waals surface area contributed by atoms with Crippen LogP contribution >= 0.6 is 0 Å². The molecule has 2 aromatic carbocycles. The summed E-state index contributed by atoms with van der Waals surface area (Å²) in [5.41, 5.74) is 2.13. The normalized spacial score (nSPS) is 18.9. The molecule has 2 heterocycles. The molecule has 3 N–H and O–H groups in total. The van der Waals surface area contributed by atoms with Crippen LogP contribution in [0.5, 0.6) is 5.75 Å². The summed E-state index contributed by atoms with van der Waals surface area (Å²) >= 11 is 0. The van der Waals surface area contributed by atoms with Gasteiger partial charge in [-0.3, -0.25) is 19.3 Å². The summed E-state index contributed by atoms with van der Waals surface area (Å²) in [6, 6.07) is 13.2. The number of nitrogens with one attached hydrogen (secondary N) is 2. The number of aliphatic hydroxyl groups is 1. The Kier molecular flexibility index (Phi) is 8.43. The van der Waals surface area contributed by atoms with Crippen LogP contribution in [0.25, 0.3) is 0 Å². The topological polar surface area (TPSA) is 111 Å². The zero-order chi connectivity index (χ0) is 26.4. The summed E-state index contributed by atoms with van der Waals surface area (Å²) in [5, 5.41) is 14.8. The number of anilines is 1. The molecule has 3 amide bonds. The first-order valence-electron chi connectivity index (χ1n) is 12.4. The number of aliphatic hydroxyl groups excluding tert-OH is 1. The highest BCUT2D eigenvalue weighted by Gasteiger charge is 2.32. The number of fused-ring (bicyclic) bond motifs is 1. The van der Waals surface area contributed by atoms with Crippen molar-refractivity contribution in [1.29, 1.82) is 0 Å². The number of hydrogen-bond acceptors (Lipinski definition) is 6. The minimum Gasteiger partial charge on any atom is -0.489 e. The Morgan fingerprint density at radius 3 is 2.59 bits per heavy atom. The van der Waals surface area contributed by atoms with Crippen LogP contribution in [-0.2, 0) is 14.4 Å². The first-order chi connectivity index (χ1) is 17.8. The lowest BCUT2D eigenvalue weighted by molar-refractivity contribution is -0.141. The molecule has 2 atom stereocenters. The number of benzene rings is 2. The van der Waals surface area contributed by atoms with Gasteiger partial charge in [-0.05, 0) is 43.5 Å². The minimum atomic E-state index is -1.02. The van der Waals surface area contributed by atoms with Gasteiger partial charge in [0.15, 0.2) is 0 Å². The highest BCUT2D eigenvalue weighted by Crippen LogP contribution is 2.31. The lowest BCUT2D eigenvalue weighted by atomic mass is 10.1. The van der Waals surface area contributed by atoms with Crippen molar-refractivity contribution < 1.29 is 24.2 Å². The summed E-state index contributed by atoms with van der Waals surface area (Å²) in [5.74, 6) is 4.66. The van der Waals surface area contributed by atoms with Gasteiger partial charge in [-0.2, -0.15) is 0 Å². The van der Waals surface area contributed by atoms with Crippen LogP contribution in [0.3, 0.4) is 0 Å². The lowest BCUT2D eigenvalue weighted by Crippen LogP contribution is -2.53. The Balaban J connectivity index is 1.36. The van der Waals surface area contributed by atoms with Gasteiger partial charge in [0.2, 0.25) is 0 Å². The smallest absolute Gasteiger partial charge is 0.310 e. The van der Waals surface area contributed by atoms with E-state index in [4.69, 9.17) is 4.74 Å². The summed E-state index contributed by atoms with van der Waals surface area (Å²) in [7, 11) is 1.60. The van der Waals surface area contributed by atoms with E-state index < -0.39 is 23.8 Å². The first-order valence-corrected chi connectivity index (χ1v) is 12.4. The van der Waals surface area contributed by atoms with Crippen molar-refractivity contribution >= 4 is 23.4 Å². The Labute approximate surface area is 216 Å². The Bertz CT molecular complexity index is 1200. The van der Waals surface area contributed by atoms with Gasteiger partial charge in [-0.15, -0.1) is 0 Å². The van der Waals surface area contributed by atoms with Gasteiger partial charge in [-0.1, -0.05) is 42.2 Å². The van der Waals surface area contributed by atoms with E-state index in [1.807, 2.05) is 36.4 Å². The van der Waals surface area contributed by atoms with Gasteiger partial charge in [-0.25, -0.2) is 0 Å². The van der Waals surface area contributed by atoms with E-state index in [1.54, 1.807) is 26.1 Å². The quantitative estimate of drug-likeness (QED) is 0.427. The van der Waals surface area contributed by atoms with E-state index in [-0.39, 0.29) is 18.8 Å². The van der Waals surface area contributed by atoms with Crippen molar-refractivity contribution in [3.63, 3.8) is 0 Å². The van der Waals surface area contributed by atoms with E-state index in [0.717, 1.165) is 37.1 Å². The predicted octanol–water partition coefficient (Wildman–Crippen LogP) is 1.21. The number of nitrogens with zero attached hydrogens (tertiary/aromatic N) is 2. The Hall–Kier alpha value is -3.87. The number of piperidine rings is 1. The van der Waals surface area contributed by atoms with Crippen LogP contribution in [0.2, 0.25) is 0 Å². The van der Waals surface area contributed by atoms with Crippen molar-refractivity contribution in [3.05, 3.63) is 59.7 Å². The van der Waals surface area contributed by atoms with Crippen LogP contribution in [0.4, 0.5) is 5.69 Å². The van der Waals surface area contributed by atoms with Gasteiger partial charge in [0.25, 0.3) is 5.91 Å². The molecule has 0 bridgehead atoms. The molecule has 9 heteroatoms. The number of likely N-dealkylation sites (N-methyl/N-ethyl adjacent to an activating group) is 1. The van der Waals surface area contributed by atoms with Crippen molar-refractivity contribution in [2.75, 3.05) is 38.2 Å². The van der Waals surface area contributed by atoms with Gasteiger partial charge >= 0.3 is 11.8 Å². The second kappa shape index (κ2) is 11.9. The maximum atomic E-state index is 13.1. The fourth-order valence-corrected chi connectivity index (χ4v) is 4.32. The SMILES string of the molecule is C[C@@H](NC(=O)C(=O)N[C@H]1COc2ccc(C#CCN3CCC(O)CC3)cc2N(C)C1=O)c1ccccc1. The second-order valence-corrected chi connectivity index (χ2v) is 9.33. The fraction of sp³-hybridized carbons (Fsp3) is 0.393. The number of amides is 3. The molecule has 4 rings (SSSR count). The molecule has 1 saturated heterocycles. The molecule has 1 fully saturated rings. The lowest BCUT2D eigenvalue weighted by Gasteiger charge is -2.27. The van der Waals surface area contributed by atoms with E-state index in [0.29, 0.717) is 18.0 Å². The van der Waals surface area contributed by atoms with E-state index in [9.17, 15) is 19.5 Å². The molecule has 9 nitrogen and oxygen atoms in total. The number of carbonyl (C=O) groups excluding carboxylic acids is 3. The van der Waals surface area contributed by atoms with Crippen molar-refractivity contribution in [2.45, 2.75) is 38.0 Å². The minimum absolute atomic E-state index is 0.102. The van der Waals surface area contributed by atoms with Crippen LogP contribution in [0.1, 0.15) is 36.9 Å². The van der Waals surface area contributed by atoms with Gasteiger partial charge in [0, 0.05) is 25.7 Å². The van der Waals surface area contributed by atoms with Crippen LogP contribution in [0, 0.1) is 11.8 Å². The number of likely N-dealkylation sites (tertiary alicyclic amines) is 1. The van der Waals surface area contributed by atoms with Crippen LogP contribution in [-0.4, -0.2) is 73.2 Å². The van der Waals surface area contributed by atoms with Crippen molar-refractivity contribution in [3.8, 4) is 17.6 Å². The molecule has 2 aliphatic rings. The molecule has 2 aliphatic heterocycles. The van der Waals surface area contributed by atoms with Gasteiger partial charge < -0.3 is 25.4 Å². The van der Waals surface area contributed by atoms with E-state index >= 15 is 0 Å². The zero-order valence-electron chi connectivity index (χ0n) is 21.1. The third kappa shape index (κ3) is 6.67. The Morgan fingerprint density at radius 1 is 1.14 bits per heavy atom. The molecule has 194 valence electrons. The number of rotatable bonds is 4. The largest absolute Gasteiger partial charge is 0.489 e. The standard InChI is InChI=1S/C28H32N4O5/c1-19(21-8-4-3-5-9-21)29-26(34)27(35)30-23-18-37-25-11-10-20(17-24(25)31(2)28(23)36)7-6-14-32-15-12-22(33)13-16-32/h3-5,8-11,17,19,22-23,33H,12-16,18H2,1-2H3,(H,29,34)(H,30,35)/t19-,23+/m1/s1. The number of ether oxygens (including phenoxy) is 1. The van der Waals surface area contributed by atoms with Gasteiger partial charge in [0.1, 0.15) is 18.4 Å². The molecule has 0 spiro atoms. The van der Waals surface area contributed by atoms with E-state index in [1.165, 1.54) is 4.90 Å². The van der Waals surface area contributed by atoms with E-state index in [2.05, 4.69) is 27.4 Å². The highest BCUT2D eigenvalue weighted by molar-refractivity contribution is 6.35. The molecule has 0 aromatic heterocycles. The maximum Gasteiger partial charge on any atom is 0.310 e. The summed E-state index contributed by atoms with van der Waals surface area (Å²) in [4.78, 5) is 41.7. The van der Waals surface area contributed by atoms with Crippen LogP contribution in [0.15, 0.2) is 48.5 Å². The van der Waals surface area contributed by atoms with Gasteiger partial charge in [0.05, 0.1) is 24.4 Å². The molecule has 0 unspecified atom stereocenters. The molecular formula is C28H32N4O5. The molecule has 2 aromatic rings. The first kappa shape index (κ1) is 26.2. The summed E-state index contributed by atoms with van der Waals surface area (Å²) < 4.78 is 5.81. The highest BCUT2D eigenvalue weighted by atomic mass is 16.5.